The average molecular weight is 207 g/mol. The predicted octanol–water partition coefficient (Wildman–Crippen LogP) is 3.10. The largest absolute Gasteiger partial charge is 0.496 e. The summed E-state index contributed by atoms with van der Waals surface area (Å²) in [5.41, 5.74) is 2.58. The highest BCUT2D eigenvalue weighted by molar-refractivity contribution is 5.40. The number of benzene rings is 1. The fourth-order valence-electron chi connectivity index (χ4n) is 1.61. The molecule has 0 radical (unpaired) electrons. The molecule has 0 aliphatic carbocycles. The Morgan fingerprint density at radius 2 is 1.87 bits per heavy atom. The summed E-state index contributed by atoms with van der Waals surface area (Å²) in [5, 5.41) is 3.24. The minimum absolute atomic E-state index is 0.318. The van der Waals surface area contributed by atoms with E-state index in [1.165, 1.54) is 11.1 Å². The van der Waals surface area contributed by atoms with Crippen molar-refractivity contribution in [3.63, 3.8) is 0 Å². The van der Waals surface area contributed by atoms with E-state index < -0.39 is 0 Å². The summed E-state index contributed by atoms with van der Waals surface area (Å²) in [6, 6.07) is 6.73. The van der Waals surface area contributed by atoms with Gasteiger partial charge >= 0.3 is 0 Å². The van der Waals surface area contributed by atoms with Crippen molar-refractivity contribution in [3.8, 4) is 5.75 Å². The Balaban J connectivity index is 3.13. The van der Waals surface area contributed by atoms with E-state index in [4.69, 9.17) is 4.74 Å². The van der Waals surface area contributed by atoms with E-state index >= 15 is 0 Å². The molecule has 1 unspecified atom stereocenters. The summed E-state index contributed by atoms with van der Waals surface area (Å²) in [6.07, 6.45) is 0. The molecule has 1 atom stereocenters. The number of hydrogen-bond acceptors (Lipinski definition) is 2. The summed E-state index contributed by atoms with van der Waals surface area (Å²) in [6.45, 7) is 6.55. The molecule has 1 aromatic rings. The van der Waals surface area contributed by atoms with Crippen LogP contribution in [0.5, 0.6) is 5.75 Å². The van der Waals surface area contributed by atoms with Gasteiger partial charge in [0, 0.05) is 11.6 Å². The van der Waals surface area contributed by atoms with E-state index in [0.717, 1.165) is 5.75 Å². The lowest BCUT2D eigenvalue weighted by atomic mass is 9.97. The molecule has 0 aliphatic rings. The number of methoxy groups -OCH3 is 1. The van der Waals surface area contributed by atoms with Gasteiger partial charge in [0.1, 0.15) is 5.75 Å². The first-order valence-electron chi connectivity index (χ1n) is 5.45. The van der Waals surface area contributed by atoms with Crippen LogP contribution >= 0.6 is 0 Å². The summed E-state index contributed by atoms with van der Waals surface area (Å²) in [7, 11) is 3.68. The second-order valence-corrected chi connectivity index (χ2v) is 4.17. The minimum Gasteiger partial charge on any atom is -0.496 e. The molecule has 0 saturated carbocycles. The SMILES string of the molecule is CNC(C)c1cc(C(C)C)ccc1OC. The molecule has 0 bridgehead atoms. The molecule has 2 nitrogen and oxygen atoms in total. The first kappa shape index (κ1) is 12.1. The maximum Gasteiger partial charge on any atom is 0.123 e. The zero-order valence-corrected chi connectivity index (χ0v) is 10.3. The van der Waals surface area contributed by atoms with Crippen LogP contribution in [0.2, 0.25) is 0 Å². The van der Waals surface area contributed by atoms with Gasteiger partial charge in [0.25, 0.3) is 0 Å². The van der Waals surface area contributed by atoms with E-state index in [0.29, 0.717) is 12.0 Å². The fourth-order valence-corrected chi connectivity index (χ4v) is 1.61. The van der Waals surface area contributed by atoms with Crippen LogP contribution in [0.3, 0.4) is 0 Å². The van der Waals surface area contributed by atoms with Gasteiger partial charge in [-0.2, -0.15) is 0 Å². The van der Waals surface area contributed by atoms with Crippen LogP contribution in [0.15, 0.2) is 18.2 Å². The summed E-state index contributed by atoms with van der Waals surface area (Å²) in [5.74, 6) is 1.51. The number of hydrogen-bond donors (Lipinski definition) is 1. The van der Waals surface area contributed by atoms with Gasteiger partial charge in [-0.3, -0.25) is 0 Å². The Kier molecular flexibility index (Phi) is 4.15. The lowest BCUT2D eigenvalue weighted by Crippen LogP contribution is -2.13. The third-order valence-corrected chi connectivity index (χ3v) is 2.82. The van der Waals surface area contributed by atoms with Gasteiger partial charge in [-0.25, -0.2) is 0 Å². The maximum atomic E-state index is 5.36. The Morgan fingerprint density at radius 1 is 1.20 bits per heavy atom. The smallest absolute Gasteiger partial charge is 0.123 e. The molecule has 1 N–H and O–H groups in total. The lowest BCUT2D eigenvalue weighted by Gasteiger charge is -2.17. The average Bonchev–Trinajstić information content (AvgIpc) is 2.27. The third kappa shape index (κ3) is 2.72. The van der Waals surface area contributed by atoms with Crippen LogP contribution in [0, 0.1) is 0 Å². The lowest BCUT2D eigenvalue weighted by molar-refractivity contribution is 0.403. The number of rotatable bonds is 4. The first-order chi connectivity index (χ1) is 7.10. The summed E-state index contributed by atoms with van der Waals surface area (Å²) >= 11 is 0. The second-order valence-electron chi connectivity index (χ2n) is 4.17. The molecule has 1 rings (SSSR count). The second kappa shape index (κ2) is 5.17. The highest BCUT2D eigenvalue weighted by Gasteiger charge is 2.11. The van der Waals surface area contributed by atoms with Gasteiger partial charge in [0.05, 0.1) is 7.11 Å². The van der Waals surface area contributed by atoms with Crippen molar-refractivity contribution in [3.05, 3.63) is 29.3 Å². The highest BCUT2D eigenvalue weighted by atomic mass is 16.5. The molecule has 0 aromatic heterocycles. The van der Waals surface area contributed by atoms with Crippen molar-refractivity contribution in [1.82, 2.24) is 5.32 Å². The molecular weight excluding hydrogens is 186 g/mol. The van der Waals surface area contributed by atoms with Crippen molar-refractivity contribution < 1.29 is 4.74 Å². The maximum absolute atomic E-state index is 5.36. The van der Waals surface area contributed by atoms with E-state index in [1.54, 1.807) is 7.11 Å². The van der Waals surface area contributed by atoms with Crippen LogP contribution in [-0.2, 0) is 0 Å². The normalized spacial score (nSPS) is 12.9. The van der Waals surface area contributed by atoms with Crippen molar-refractivity contribution in [2.24, 2.45) is 0 Å². The molecule has 84 valence electrons. The standard InChI is InChI=1S/C13H21NO/c1-9(2)11-6-7-13(15-5)12(8-11)10(3)14-4/h6-10,14H,1-5H3. The Morgan fingerprint density at radius 3 is 2.33 bits per heavy atom. The number of nitrogens with one attached hydrogen (secondary N) is 1. The zero-order chi connectivity index (χ0) is 11.4. The van der Waals surface area contributed by atoms with Crippen molar-refractivity contribution in [2.75, 3.05) is 14.2 Å². The minimum atomic E-state index is 0.318. The molecule has 1 aromatic carbocycles. The third-order valence-electron chi connectivity index (χ3n) is 2.82. The van der Waals surface area contributed by atoms with E-state index in [9.17, 15) is 0 Å². The number of ether oxygens (including phenoxy) is 1. The Bertz CT molecular complexity index is 320. The topological polar surface area (TPSA) is 21.3 Å². The van der Waals surface area contributed by atoms with Crippen LogP contribution in [-0.4, -0.2) is 14.2 Å². The Hall–Kier alpha value is -1.02. The van der Waals surface area contributed by atoms with Crippen LogP contribution in [0.25, 0.3) is 0 Å². The molecule has 0 fully saturated rings. The van der Waals surface area contributed by atoms with E-state index in [1.807, 2.05) is 7.05 Å². The van der Waals surface area contributed by atoms with Gasteiger partial charge in [-0.15, -0.1) is 0 Å². The van der Waals surface area contributed by atoms with Gasteiger partial charge < -0.3 is 10.1 Å². The van der Waals surface area contributed by atoms with Gasteiger partial charge in [-0.1, -0.05) is 26.0 Å². The highest BCUT2D eigenvalue weighted by Crippen LogP contribution is 2.28. The first-order valence-corrected chi connectivity index (χ1v) is 5.45. The van der Waals surface area contributed by atoms with Crippen LogP contribution in [0.4, 0.5) is 0 Å². The Labute approximate surface area is 92.6 Å². The quantitative estimate of drug-likeness (QED) is 0.819. The molecular formula is C13H21NO. The van der Waals surface area contributed by atoms with Crippen molar-refractivity contribution in [1.29, 1.82) is 0 Å². The fraction of sp³-hybridized carbons (Fsp3) is 0.538. The molecule has 2 heteroatoms. The van der Waals surface area contributed by atoms with Crippen LogP contribution in [0.1, 0.15) is 43.9 Å². The van der Waals surface area contributed by atoms with Gasteiger partial charge in [-0.05, 0) is 31.5 Å². The molecule has 0 heterocycles. The van der Waals surface area contributed by atoms with Crippen molar-refractivity contribution >= 4 is 0 Å². The monoisotopic (exact) mass is 207 g/mol. The molecule has 0 aliphatic heterocycles. The summed E-state index contributed by atoms with van der Waals surface area (Å²) in [4.78, 5) is 0. The molecule has 0 spiro atoms. The van der Waals surface area contributed by atoms with E-state index in [2.05, 4.69) is 44.3 Å². The molecule has 15 heavy (non-hydrogen) atoms. The predicted molar refractivity (Wildman–Crippen MR) is 64.6 cm³/mol. The van der Waals surface area contributed by atoms with Crippen LogP contribution < -0.4 is 10.1 Å². The summed E-state index contributed by atoms with van der Waals surface area (Å²) < 4.78 is 5.36. The molecule has 0 saturated heterocycles. The van der Waals surface area contributed by atoms with Crippen molar-refractivity contribution in [2.45, 2.75) is 32.7 Å². The van der Waals surface area contributed by atoms with Gasteiger partial charge in [0.15, 0.2) is 0 Å². The van der Waals surface area contributed by atoms with E-state index in [-0.39, 0.29) is 0 Å². The molecule has 0 amide bonds. The zero-order valence-electron chi connectivity index (χ0n) is 10.3. The van der Waals surface area contributed by atoms with Gasteiger partial charge in [0.2, 0.25) is 0 Å².